The van der Waals surface area contributed by atoms with Gasteiger partial charge in [0.25, 0.3) is 5.89 Å². The van der Waals surface area contributed by atoms with Gasteiger partial charge < -0.3 is 14.4 Å². The molecule has 1 aliphatic rings. The van der Waals surface area contributed by atoms with E-state index in [1.807, 2.05) is 6.92 Å². The molecule has 0 aliphatic heterocycles. The first kappa shape index (κ1) is 11.7. The van der Waals surface area contributed by atoms with Crippen molar-refractivity contribution in [1.82, 2.24) is 10.1 Å². The summed E-state index contributed by atoms with van der Waals surface area (Å²) in [5.74, 6) is 1.63. The normalized spacial score (nSPS) is 16.9. The molecule has 2 heterocycles. The van der Waals surface area contributed by atoms with Crippen LogP contribution in [0.3, 0.4) is 0 Å². The molecule has 1 aliphatic carbocycles. The molecule has 1 atom stereocenters. The van der Waals surface area contributed by atoms with Gasteiger partial charge in [-0.1, -0.05) is 5.16 Å². The van der Waals surface area contributed by atoms with Crippen LogP contribution in [0.1, 0.15) is 31.7 Å². The van der Waals surface area contributed by atoms with Crippen LogP contribution in [0.5, 0.6) is 5.75 Å². The first-order valence-electron chi connectivity index (χ1n) is 6.01. The lowest BCUT2D eigenvalue weighted by Crippen LogP contribution is -2.08. The summed E-state index contributed by atoms with van der Waals surface area (Å²) in [4.78, 5) is 4.95. The van der Waals surface area contributed by atoms with Crippen LogP contribution in [-0.4, -0.2) is 21.9 Å². The molecule has 0 radical (unpaired) electrons. The third kappa shape index (κ3) is 2.13. The Kier molecular flexibility index (Phi) is 3.05. The molecule has 1 N–H and O–H groups in total. The van der Waals surface area contributed by atoms with E-state index in [-0.39, 0.29) is 11.9 Å². The summed E-state index contributed by atoms with van der Waals surface area (Å²) in [7, 11) is 0. The maximum absolute atomic E-state index is 9.63. The van der Waals surface area contributed by atoms with Gasteiger partial charge in [-0.05, 0) is 37.1 Å². The summed E-state index contributed by atoms with van der Waals surface area (Å²) >= 11 is 1.38. The highest BCUT2D eigenvalue weighted by molar-refractivity contribution is 7.13. The average Bonchev–Trinajstić information content (AvgIpc) is 2.93. The van der Waals surface area contributed by atoms with E-state index in [1.54, 1.807) is 11.4 Å². The highest BCUT2D eigenvalue weighted by atomic mass is 32.1. The molecule has 0 amide bonds. The van der Waals surface area contributed by atoms with E-state index < -0.39 is 0 Å². The summed E-state index contributed by atoms with van der Waals surface area (Å²) in [6.07, 6.45) is 2.23. The zero-order chi connectivity index (χ0) is 12.5. The van der Waals surface area contributed by atoms with Crippen LogP contribution in [-0.2, 0) is 4.74 Å². The van der Waals surface area contributed by atoms with Crippen molar-refractivity contribution in [3.8, 4) is 16.5 Å². The molecule has 1 saturated carbocycles. The van der Waals surface area contributed by atoms with Crippen LogP contribution in [0.4, 0.5) is 0 Å². The third-order valence-corrected chi connectivity index (χ3v) is 3.82. The van der Waals surface area contributed by atoms with Gasteiger partial charge in [0.2, 0.25) is 5.82 Å². The summed E-state index contributed by atoms with van der Waals surface area (Å²) in [6, 6.07) is 1.62. The lowest BCUT2D eigenvalue weighted by atomic mass is 10.2. The van der Waals surface area contributed by atoms with E-state index in [9.17, 15) is 5.11 Å². The molecule has 0 spiro atoms. The van der Waals surface area contributed by atoms with Gasteiger partial charge in [-0.25, -0.2) is 0 Å². The molecular weight excluding hydrogens is 252 g/mol. The van der Waals surface area contributed by atoms with Crippen LogP contribution in [0, 0.1) is 5.92 Å². The van der Waals surface area contributed by atoms with Crippen molar-refractivity contribution in [2.24, 2.45) is 5.92 Å². The number of ether oxygens (including phenoxy) is 1. The molecule has 0 aromatic carbocycles. The van der Waals surface area contributed by atoms with Gasteiger partial charge in [-0.3, -0.25) is 0 Å². The van der Waals surface area contributed by atoms with E-state index in [4.69, 9.17) is 9.26 Å². The molecule has 1 fully saturated rings. The van der Waals surface area contributed by atoms with Crippen molar-refractivity contribution in [3.05, 3.63) is 17.3 Å². The predicted octanol–water partition coefficient (Wildman–Crippen LogP) is 2.99. The second-order valence-corrected chi connectivity index (χ2v) is 5.22. The van der Waals surface area contributed by atoms with E-state index in [2.05, 4.69) is 10.1 Å². The van der Waals surface area contributed by atoms with Gasteiger partial charge >= 0.3 is 0 Å². The van der Waals surface area contributed by atoms with Gasteiger partial charge in [0.15, 0.2) is 0 Å². The number of hydrogen-bond acceptors (Lipinski definition) is 6. The molecule has 6 heteroatoms. The number of hydrogen-bond donors (Lipinski definition) is 1. The Hall–Kier alpha value is -1.40. The van der Waals surface area contributed by atoms with Crippen molar-refractivity contribution in [2.45, 2.75) is 25.9 Å². The summed E-state index contributed by atoms with van der Waals surface area (Å²) < 4.78 is 10.9. The summed E-state index contributed by atoms with van der Waals surface area (Å²) in [5, 5.41) is 15.4. The Morgan fingerprint density at radius 2 is 2.44 bits per heavy atom. The van der Waals surface area contributed by atoms with E-state index in [0.717, 1.165) is 12.8 Å². The minimum Gasteiger partial charge on any atom is -0.506 e. The zero-order valence-electron chi connectivity index (χ0n) is 10.00. The highest BCUT2D eigenvalue weighted by Gasteiger charge is 2.36. The van der Waals surface area contributed by atoms with Gasteiger partial charge in [0, 0.05) is 6.61 Å². The first-order chi connectivity index (χ1) is 8.79. The zero-order valence-corrected chi connectivity index (χ0v) is 10.8. The van der Waals surface area contributed by atoms with Crippen LogP contribution in [0.15, 0.2) is 16.0 Å². The molecule has 18 heavy (non-hydrogen) atoms. The van der Waals surface area contributed by atoms with Crippen molar-refractivity contribution in [1.29, 1.82) is 0 Å². The number of thiophene rings is 1. The standard InChI is InChI=1S/C12H14N2O3S/c1-2-16-9(7-3-4-7)11-13-12(17-14-11)10-8(15)5-6-18-10/h5-7,9,15H,2-4H2,1H3. The minimum atomic E-state index is -0.0744. The van der Waals surface area contributed by atoms with E-state index in [1.165, 1.54) is 11.3 Å². The molecular formula is C12H14N2O3S. The van der Waals surface area contributed by atoms with Crippen LogP contribution in [0.2, 0.25) is 0 Å². The Labute approximate surface area is 108 Å². The lowest BCUT2D eigenvalue weighted by molar-refractivity contribution is 0.0385. The number of aromatic hydroxyl groups is 1. The Bertz CT molecular complexity index is 533. The average molecular weight is 266 g/mol. The highest BCUT2D eigenvalue weighted by Crippen LogP contribution is 2.43. The molecule has 3 rings (SSSR count). The predicted molar refractivity (Wildman–Crippen MR) is 66.4 cm³/mol. The van der Waals surface area contributed by atoms with Crippen molar-refractivity contribution in [3.63, 3.8) is 0 Å². The van der Waals surface area contributed by atoms with Gasteiger partial charge in [0.05, 0.1) is 0 Å². The van der Waals surface area contributed by atoms with Crippen molar-refractivity contribution in [2.75, 3.05) is 6.61 Å². The Morgan fingerprint density at radius 3 is 3.06 bits per heavy atom. The number of nitrogens with zero attached hydrogens (tertiary/aromatic N) is 2. The molecule has 96 valence electrons. The monoisotopic (exact) mass is 266 g/mol. The fraction of sp³-hybridized carbons (Fsp3) is 0.500. The fourth-order valence-electron chi connectivity index (χ4n) is 1.91. The summed E-state index contributed by atoms with van der Waals surface area (Å²) in [6.45, 7) is 2.59. The topological polar surface area (TPSA) is 68.4 Å². The first-order valence-corrected chi connectivity index (χ1v) is 6.89. The van der Waals surface area contributed by atoms with Crippen molar-refractivity contribution < 1.29 is 14.4 Å². The van der Waals surface area contributed by atoms with Crippen LogP contribution >= 0.6 is 11.3 Å². The Balaban J connectivity index is 1.86. The second kappa shape index (κ2) is 4.70. The van der Waals surface area contributed by atoms with E-state index >= 15 is 0 Å². The lowest BCUT2D eigenvalue weighted by Gasteiger charge is -2.10. The quantitative estimate of drug-likeness (QED) is 0.901. The van der Waals surface area contributed by atoms with Crippen LogP contribution < -0.4 is 0 Å². The summed E-state index contributed by atoms with van der Waals surface area (Å²) in [5.41, 5.74) is 0. The second-order valence-electron chi connectivity index (χ2n) is 4.31. The van der Waals surface area contributed by atoms with Gasteiger partial charge in [-0.15, -0.1) is 11.3 Å². The number of rotatable bonds is 5. The van der Waals surface area contributed by atoms with Crippen molar-refractivity contribution >= 4 is 11.3 Å². The molecule has 5 nitrogen and oxygen atoms in total. The molecule has 2 aromatic heterocycles. The molecule has 2 aromatic rings. The minimum absolute atomic E-state index is 0.0744. The van der Waals surface area contributed by atoms with Crippen LogP contribution in [0.25, 0.3) is 10.8 Å². The third-order valence-electron chi connectivity index (χ3n) is 2.93. The van der Waals surface area contributed by atoms with E-state index in [0.29, 0.717) is 29.1 Å². The largest absolute Gasteiger partial charge is 0.506 e. The maximum Gasteiger partial charge on any atom is 0.271 e. The smallest absolute Gasteiger partial charge is 0.271 e. The van der Waals surface area contributed by atoms with Gasteiger partial charge in [-0.2, -0.15) is 4.98 Å². The molecule has 0 saturated heterocycles. The SMILES string of the molecule is CCOC(c1noc(-c2sccc2O)n1)C1CC1. The fourth-order valence-corrected chi connectivity index (χ4v) is 2.61. The van der Waals surface area contributed by atoms with Gasteiger partial charge in [0.1, 0.15) is 16.7 Å². The maximum atomic E-state index is 9.63. The Morgan fingerprint density at radius 1 is 1.61 bits per heavy atom. The molecule has 0 bridgehead atoms. The molecule has 1 unspecified atom stereocenters. The number of aromatic nitrogens is 2.